The number of hydrogen-bond acceptors (Lipinski definition) is 6. The van der Waals surface area contributed by atoms with E-state index in [9.17, 15) is 10.1 Å². The summed E-state index contributed by atoms with van der Waals surface area (Å²) in [6.45, 7) is 0.671. The molecule has 0 aliphatic rings. The molecule has 2 rings (SSSR count). The van der Waals surface area contributed by atoms with Crippen molar-refractivity contribution in [2.24, 2.45) is 0 Å². The van der Waals surface area contributed by atoms with Gasteiger partial charge in [-0.3, -0.25) is 10.1 Å². The van der Waals surface area contributed by atoms with Gasteiger partial charge in [0.2, 0.25) is 5.88 Å². The van der Waals surface area contributed by atoms with Gasteiger partial charge in [0, 0.05) is 18.7 Å². The molecule has 21 heavy (non-hydrogen) atoms. The maximum atomic E-state index is 11.0. The van der Waals surface area contributed by atoms with Gasteiger partial charge in [-0.15, -0.1) is 0 Å². The van der Waals surface area contributed by atoms with Gasteiger partial charge < -0.3 is 14.8 Å². The molecular weight excluding hydrogens is 274 g/mol. The minimum Gasteiger partial charge on any atom is -0.481 e. The molecule has 0 radical (unpaired) electrons. The largest absolute Gasteiger partial charge is 0.481 e. The van der Waals surface area contributed by atoms with E-state index in [4.69, 9.17) is 9.47 Å². The summed E-state index contributed by atoms with van der Waals surface area (Å²) in [7, 11) is 3.27. The Morgan fingerprint density at radius 2 is 2.14 bits per heavy atom. The van der Waals surface area contributed by atoms with E-state index in [0.29, 0.717) is 12.3 Å². The fourth-order valence-corrected chi connectivity index (χ4v) is 1.78. The standard InChI is InChI=1S/C14H15N3O4/c1-15-9-10-4-3-5-11(8-10)21-14-12(17(18)19)6-7-13(16-14)20-2/h3-8,15H,9H2,1-2H3. The first-order valence-electron chi connectivity index (χ1n) is 6.25. The van der Waals surface area contributed by atoms with Crippen LogP contribution in [-0.2, 0) is 6.54 Å². The highest BCUT2D eigenvalue weighted by Crippen LogP contribution is 2.31. The van der Waals surface area contributed by atoms with Gasteiger partial charge in [-0.2, -0.15) is 4.98 Å². The molecule has 1 heterocycles. The van der Waals surface area contributed by atoms with Crippen LogP contribution in [0.25, 0.3) is 0 Å². The van der Waals surface area contributed by atoms with Crippen LogP contribution in [0.1, 0.15) is 5.56 Å². The second-order valence-electron chi connectivity index (χ2n) is 4.21. The monoisotopic (exact) mass is 289 g/mol. The molecule has 0 bridgehead atoms. The lowest BCUT2D eigenvalue weighted by atomic mass is 10.2. The second kappa shape index (κ2) is 6.67. The molecule has 0 saturated carbocycles. The Balaban J connectivity index is 2.33. The summed E-state index contributed by atoms with van der Waals surface area (Å²) in [4.78, 5) is 14.5. The molecule has 7 nitrogen and oxygen atoms in total. The predicted octanol–water partition coefficient (Wildman–Crippen LogP) is 2.51. The van der Waals surface area contributed by atoms with E-state index in [1.165, 1.54) is 19.2 Å². The molecule has 110 valence electrons. The van der Waals surface area contributed by atoms with Crippen LogP contribution in [0.2, 0.25) is 0 Å². The lowest BCUT2D eigenvalue weighted by Crippen LogP contribution is -2.05. The summed E-state index contributed by atoms with van der Waals surface area (Å²) in [6.07, 6.45) is 0. The second-order valence-corrected chi connectivity index (χ2v) is 4.21. The zero-order valence-corrected chi connectivity index (χ0v) is 11.7. The van der Waals surface area contributed by atoms with Crippen molar-refractivity contribution in [1.29, 1.82) is 0 Å². The van der Waals surface area contributed by atoms with E-state index in [0.717, 1.165) is 5.56 Å². The first-order chi connectivity index (χ1) is 10.1. The Kier molecular flexibility index (Phi) is 4.68. The van der Waals surface area contributed by atoms with Gasteiger partial charge in [0.05, 0.1) is 12.0 Å². The molecular formula is C14H15N3O4. The first kappa shape index (κ1) is 14.7. The Morgan fingerprint density at radius 3 is 2.81 bits per heavy atom. The Hall–Kier alpha value is -2.67. The van der Waals surface area contributed by atoms with E-state index < -0.39 is 4.92 Å². The van der Waals surface area contributed by atoms with Gasteiger partial charge in [-0.25, -0.2) is 0 Å². The number of nitrogens with zero attached hydrogens (tertiary/aromatic N) is 2. The SMILES string of the molecule is CNCc1cccc(Oc2nc(OC)ccc2[N+](=O)[O-])c1. The zero-order chi connectivity index (χ0) is 15.2. The molecule has 7 heteroatoms. The summed E-state index contributed by atoms with van der Waals surface area (Å²) in [5.74, 6) is 0.634. The Morgan fingerprint density at radius 1 is 1.33 bits per heavy atom. The normalized spacial score (nSPS) is 10.2. The number of pyridine rings is 1. The summed E-state index contributed by atoms with van der Waals surface area (Å²) >= 11 is 0. The minimum absolute atomic E-state index is 0.0963. The van der Waals surface area contributed by atoms with Crippen LogP contribution in [0, 0.1) is 10.1 Å². The fourth-order valence-electron chi connectivity index (χ4n) is 1.78. The molecule has 0 saturated heterocycles. The van der Waals surface area contributed by atoms with Crippen molar-refractivity contribution in [2.75, 3.05) is 14.2 Å². The van der Waals surface area contributed by atoms with E-state index >= 15 is 0 Å². The van der Waals surface area contributed by atoms with Crippen molar-refractivity contribution in [1.82, 2.24) is 10.3 Å². The lowest BCUT2D eigenvalue weighted by Gasteiger charge is -2.08. The average Bonchev–Trinajstić information content (AvgIpc) is 2.47. The number of methoxy groups -OCH3 is 1. The molecule has 0 spiro atoms. The highest BCUT2D eigenvalue weighted by molar-refractivity contribution is 5.45. The van der Waals surface area contributed by atoms with Gasteiger partial charge in [-0.05, 0) is 24.7 Å². The van der Waals surface area contributed by atoms with E-state index in [2.05, 4.69) is 10.3 Å². The van der Waals surface area contributed by atoms with Gasteiger partial charge >= 0.3 is 11.6 Å². The molecule has 0 aliphatic carbocycles. The molecule has 1 aromatic carbocycles. The smallest absolute Gasteiger partial charge is 0.331 e. The van der Waals surface area contributed by atoms with E-state index in [1.54, 1.807) is 12.1 Å². The summed E-state index contributed by atoms with van der Waals surface area (Å²) in [5.41, 5.74) is 0.787. The van der Waals surface area contributed by atoms with Crippen molar-refractivity contribution in [3.05, 3.63) is 52.1 Å². The van der Waals surface area contributed by atoms with Crippen molar-refractivity contribution in [2.45, 2.75) is 6.54 Å². The molecule has 2 aromatic rings. The topological polar surface area (TPSA) is 86.5 Å². The number of rotatable bonds is 6. The molecule has 0 aliphatic heterocycles. The number of aromatic nitrogens is 1. The molecule has 0 fully saturated rings. The van der Waals surface area contributed by atoms with Crippen LogP contribution < -0.4 is 14.8 Å². The Bertz CT molecular complexity index is 646. The fraction of sp³-hybridized carbons (Fsp3) is 0.214. The lowest BCUT2D eigenvalue weighted by molar-refractivity contribution is -0.386. The third-order valence-electron chi connectivity index (χ3n) is 2.71. The first-order valence-corrected chi connectivity index (χ1v) is 6.25. The number of hydrogen-bond donors (Lipinski definition) is 1. The maximum absolute atomic E-state index is 11.0. The Labute approximate surface area is 121 Å². The number of ether oxygens (including phenoxy) is 2. The highest BCUT2D eigenvalue weighted by atomic mass is 16.6. The maximum Gasteiger partial charge on any atom is 0.331 e. The molecule has 0 unspecified atom stereocenters. The van der Waals surface area contributed by atoms with Crippen LogP contribution in [0.5, 0.6) is 17.5 Å². The highest BCUT2D eigenvalue weighted by Gasteiger charge is 2.18. The van der Waals surface area contributed by atoms with E-state index in [1.807, 2.05) is 19.2 Å². The van der Waals surface area contributed by atoms with Gasteiger partial charge in [0.1, 0.15) is 5.75 Å². The van der Waals surface area contributed by atoms with Crippen LogP contribution in [0.15, 0.2) is 36.4 Å². The number of nitro groups is 1. The molecule has 1 N–H and O–H groups in total. The average molecular weight is 289 g/mol. The predicted molar refractivity (Wildman–Crippen MR) is 76.7 cm³/mol. The minimum atomic E-state index is -0.542. The van der Waals surface area contributed by atoms with Crippen molar-refractivity contribution >= 4 is 5.69 Å². The van der Waals surface area contributed by atoms with Crippen molar-refractivity contribution < 1.29 is 14.4 Å². The third-order valence-corrected chi connectivity index (χ3v) is 2.71. The van der Waals surface area contributed by atoms with Gasteiger partial charge in [0.15, 0.2) is 0 Å². The van der Waals surface area contributed by atoms with Crippen LogP contribution in [-0.4, -0.2) is 24.1 Å². The van der Waals surface area contributed by atoms with Crippen LogP contribution >= 0.6 is 0 Å². The third kappa shape index (κ3) is 3.67. The van der Waals surface area contributed by atoms with Crippen molar-refractivity contribution in [3.63, 3.8) is 0 Å². The summed E-state index contributed by atoms with van der Waals surface area (Å²) in [6, 6.07) is 9.97. The number of nitrogens with one attached hydrogen (secondary N) is 1. The van der Waals surface area contributed by atoms with E-state index in [-0.39, 0.29) is 17.4 Å². The van der Waals surface area contributed by atoms with Gasteiger partial charge in [-0.1, -0.05) is 12.1 Å². The van der Waals surface area contributed by atoms with Gasteiger partial charge in [0.25, 0.3) is 0 Å². The summed E-state index contributed by atoms with van der Waals surface area (Å²) < 4.78 is 10.5. The van der Waals surface area contributed by atoms with Crippen molar-refractivity contribution in [3.8, 4) is 17.5 Å². The van der Waals surface area contributed by atoms with Crippen LogP contribution in [0.3, 0.4) is 0 Å². The molecule has 0 atom stereocenters. The zero-order valence-electron chi connectivity index (χ0n) is 11.7. The molecule has 0 amide bonds. The summed E-state index contributed by atoms with van der Waals surface area (Å²) in [5, 5.41) is 14.0. The number of benzene rings is 1. The quantitative estimate of drug-likeness (QED) is 0.649. The molecule has 1 aromatic heterocycles. The van der Waals surface area contributed by atoms with Crippen LogP contribution in [0.4, 0.5) is 5.69 Å².